The number of tetrazole rings is 1. The van der Waals surface area contributed by atoms with E-state index in [1.807, 2.05) is 12.1 Å². The van der Waals surface area contributed by atoms with Gasteiger partial charge in [-0.25, -0.2) is 0 Å². The van der Waals surface area contributed by atoms with Crippen molar-refractivity contribution in [3.63, 3.8) is 0 Å². The van der Waals surface area contributed by atoms with Gasteiger partial charge >= 0.3 is 0 Å². The Bertz CT molecular complexity index is 930. The Morgan fingerprint density at radius 3 is 3.00 bits per heavy atom. The molecular weight excluding hydrogens is 430 g/mol. The van der Waals surface area contributed by atoms with Crippen molar-refractivity contribution in [2.24, 2.45) is 0 Å². The first kappa shape index (κ1) is 16.6. The van der Waals surface area contributed by atoms with Crippen LogP contribution in [-0.4, -0.2) is 42.6 Å². The minimum Gasteiger partial charge on any atom is -0.444 e. The summed E-state index contributed by atoms with van der Waals surface area (Å²) in [5.74, 6) is 1.83. The third-order valence-corrected chi connectivity index (χ3v) is 5.37. The molecule has 2 aromatic heterocycles. The van der Waals surface area contributed by atoms with Gasteiger partial charge in [-0.3, -0.25) is 4.79 Å². The summed E-state index contributed by atoms with van der Waals surface area (Å²) in [6.07, 6.45) is 0. The van der Waals surface area contributed by atoms with Gasteiger partial charge in [0.05, 0.1) is 11.6 Å². The first-order valence-electron chi connectivity index (χ1n) is 7.32. The van der Waals surface area contributed by atoms with Gasteiger partial charge in [0.25, 0.3) is 5.91 Å². The van der Waals surface area contributed by atoms with Crippen LogP contribution >= 0.6 is 39.3 Å². The van der Waals surface area contributed by atoms with Crippen molar-refractivity contribution in [3.8, 4) is 5.69 Å². The van der Waals surface area contributed by atoms with Crippen LogP contribution in [0.25, 0.3) is 5.69 Å². The van der Waals surface area contributed by atoms with E-state index in [0.717, 1.165) is 0 Å². The summed E-state index contributed by atoms with van der Waals surface area (Å²) in [5.41, 5.74) is 0.713. The number of benzene rings is 1. The highest BCUT2D eigenvalue weighted by molar-refractivity contribution is 9.10. The van der Waals surface area contributed by atoms with Crippen molar-refractivity contribution in [1.82, 2.24) is 25.1 Å². The van der Waals surface area contributed by atoms with Gasteiger partial charge in [0, 0.05) is 10.8 Å². The fourth-order valence-electron chi connectivity index (χ4n) is 2.50. The largest absolute Gasteiger partial charge is 0.444 e. The average molecular weight is 441 g/mol. The molecule has 3 aromatic rings. The van der Waals surface area contributed by atoms with Crippen molar-refractivity contribution in [2.75, 3.05) is 11.6 Å². The number of amides is 1. The van der Waals surface area contributed by atoms with Crippen LogP contribution in [0.3, 0.4) is 0 Å². The van der Waals surface area contributed by atoms with Crippen LogP contribution < -0.4 is 0 Å². The van der Waals surface area contributed by atoms with E-state index in [9.17, 15) is 4.79 Å². The van der Waals surface area contributed by atoms with Crippen molar-refractivity contribution >= 4 is 45.2 Å². The number of carbonyl (C=O) groups is 1. The Morgan fingerprint density at radius 1 is 1.36 bits per heavy atom. The summed E-state index contributed by atoms with van der Waals surface area (Å²) in [7, 11) is 0. The summed E-state index contributed by atoms with van der Waals surface area (Å²) in [4.78, 5) is 15.8. The third kappa shape index (κ3) is 3.31. The SMILES string of the molecule is O=C(c1ccc(Br)o1)N1CSCC1c1nnn(-c2cccc(Cl)c2)n1. The molecule has 1 aromatic carbocycles. The highest BCUT2D eigenvalue weighted by Gasteiger charge is 2.35. The van der Waals surface area contributed by atoms with Gasteiger partial charge in [0.1, 0.15) is 6.04 Å². The Kier molecular flexibility index (Phi) is 4.53. The van der Waals surface area contributed by atoms with Crippen molar-refractivity contribution in [1.29, 1.82) is 0 Å². The fraction of sp³-hybridized carbons (Fsp3) is 0.200. The van der Waals surface area contributed by atoms with Crippen LogP contribution in [0, 0.1) is 0 Å². The molecule has 10 heteroatoms. The molecule has 0 bridgehead atoms. The molecule has 1 aliphatic rings. The highest BCUT2D eigenvalue weighted by atomic mass is 79.9. The molecule has 1 aliphatic heterocycles. The molecule has 4 rings (SSSR count). The molecule has 1 unspecified atom stereocenters. The number of halogens is 2. The van der Waals surface area contributed by atoms with E-state index in [4.69, 9.17) is 16.0 Å². The molecule has 0 radical (unpaired) electrons. The Balaban J connectivity index is 1.60. The molecule has 0 spiro atoms. The van der Waals surface area contributed by atoms with Gasteiger partial charge in [-0.1, -0.05) is 17.7 Å². The molecule has 0 N–H and O–H groups in total. The Morgan fingerprint density at radius 2 is 2.24 bits per heavy atom. The van der Waals surface area contributed by atoms with Gasteiger partial charge in [-0.05, 0) is 51.5 Å². The van der Waals surface area contributed by atoms with E-state index in [1.165, 1.54) is 4.80 Å². The first-order valence-corrected chi connectivity index (χ1v) is 9.64. The van der Waals surface area contributed by atoms with Crippen LogP contribution in [0.1, 0.15) is 22.4 Å². The molecule has 1 fully saturated rings. The van der Waals surface area contributed by atoms with E-state index < -0.39 is 0 Å². The molecule has 1 atom stereocenters. The van der Waals surface area contributed by atoms with E-state index in [1.54, 1.807) is 40.9 Å². The molecule has 1 amide bonds. The number of rotatable bonds is 3. The zero-order valence-electron chi connectivity index (χ0n) is 12.7. The molecule has 25 heavy (non-hydrogen) atoms. The van der Waals surface area contributed by atoms with Crippen LogP contribution in [0.2, 0.25) is 5.02 Å². The average Bonchev–Trinajstić information content (AvgIpc) is 3.34. The topological polar surface area (TPSA) is 77.0 Å². The van der Waals surface area contributed by atoms with Crippen LogP contribution in [0.15, 0.2) is 45.5 Å². The Labute approximate surface area is 160 Å². The van der Waals surface area contributed by atoms with Gasteiger partial charge < -0.3 is 9.32 Å². The highest BCUT2D eigenvalue weighted by Crippen LogP contribution is 2.33. The summed E-state index contributed by atoms with van der Waals surface area (Å²) in [6.45, 7) is 0. The van der Waals surface area contributed by atoms with Crippen molar-refractivity contribution in [2.45, 2.75) is 6.04 Å². The number of thioether (sulfide) groups is 1. The lowest BCUT2D eigenvalue weighted by atomic mass is 10.2. The minimum absolute atomic E-state index is 0.195. The molecule has 3 heterocycles. The second-order valence-corrected chi connectivity index (χ2v) is 7.53. The maximum absolute atomic E-state index is 12.7. The first-order chi connectivity index (χ1) is 12.1. The smallest absolute Gasteiger partial charge is 0.290 e. The molecule has 1 saturated heterocycles. The van der Waals surface area contributed by atoms with Gasteiger partial charge in [-0.2, -0.15) is 0 Å². The van der Waals surface area contributed by atoms with E-state index >= 15 is 0 Å². The fourth-order valence-corrected chi connectivity index (χ4v) is 4.14. The second kappa shape index (κ2) is 6.81. The number of aromatic nitrogens is 4. The minimum atomic E-state index is -0.255. The zero-order valence-corrected chi connectivity index (χ0v) is 15.8. The molecule has 0 aliphatic carbocycles. The van der Waals surface area contributed by atoms with Crippen LogP contribution in [0.4, 0.5) is 0 Å². The van der Waals surface area contributed by atoms with E-state index in [-0.39, 0.29) is 17.7 Å². The molecule has 0 saturated carbocycles. The molecule has 7 nitrogen and oxygen atoms in total. The quantitative estimate of drug-likeness (QED) is 0.620. The number of nitrogens with zero attached hydrogens (tertiary/aromatic N) is 5. The van der Waals surface area contributed by atoms with Crippen LogP contribution in [-0.2, 0) is 0 Å². The zero-order chi connectivity index (χ0) is 17.4. The van der Waals surface area contributed by atoms with E-state index in [0.29, 0.717) is 32.8 Å². The maximum atomic E-state index is 12.7. The maximum Gasteiger partial charge on any atom is 0.290 e. The summed E-state index contributed by atoms with van der Waals surface area (Å²) < 4.78 is 5.89. The van der Waals surface area contributed by atoms with Crippen molar-refractivity contribution in [3.05, 3.63) is 57.7 Å². The van der Waals surface area contributed by atoms with Crippen LogP contribution in [0.5, 0.6) is 0 Å². The van der Waals surface area contributed by atoms with Gasteiger partial charge in [0.15, 0.2) is 16.3 Å². The summed E-state index contributed by atoms with van der Waals surface area (Å²) >= 11 is 10.9. The lowest BCUT2D eigenvalue weighted by molar-refractivity contribution is 0.0707. The predicted molar refractivity (Wildman–Crippen MR) is 96.8 cm³/mol. The lowest BCUT2D eigenvalue weighted by Crippen LogP contribution is -2.31. The monoisotopic (exact) mass is 439 g/mol. The normalized spacial score (nSPS) is 17.2. The predicted octanol–water partition coefficient (Wildman–Crippen LogP) is 3.56. The number of hydrogen-bond donors (Lipinski definition) is 0. The standard InChI is InChI=1S/C15H11BrClN5O2S/c16-13-5-4-12(24-13)15(23)21-8-25-7-11(21)14-18-20-22(19-14)10-3-1-2-9(17)6-10/h1-6,11H,7-8H2. The Hall–Kier alpha value is -1.84. The molecule has 128 valence electrons. The van der Waals surface area contributed by atoms with E-state index in [2.05, 4.69) is 31.3 Å². The van der Waals surface area contributed by atoms with Gasteiger partial charge in [0.2, 0.25) is 0 Å². The number of carbonyl (C=O) groups excluding carboxylic acids is 1. The number of hydrogen-bond acceptors (Lipinski definition) is 6. The second-order valence-electron chi connectivity index (χ2n) is 5.31. The summed E-state index contributed by atoms with van der Waals surface area (Å²) in [6, 6.07) is 10.3. The van der Waals surface area contributed by atoms with Crippen molar-refractivity contribution < 1.29 is 9.21 Å². The molecular formula is C15H11BrClN5O2S. The lowest BCUT2D eigenvalue weighted by Gasteiger charge is -2.19. The number of furan rings is 1. The summed E-state index contributed by atoms with van der Waals surface area (Å²) in [5, 5.41) is 13.2. The van der Waals surface area contributed by atoms with Gasteiger partial charge in [-0.15, -0.1) is 26.8 Å². The third-order valence-electron chi connectivity index (χ3n) is 3.69.